The van der Waals surface area contributed by atoms with Gasteiger partial charge in [0.05, 0.1) is 11.9 Å². The molecule has 25 heavy (non-hydrogen) atoms. The minimum atomic E-state index is -0.570. The van der Waals surface area contributed by atoms with Gasteiger partial charge < -0.3 is 0 Å². The Bertz CT molecular complexity index is 1020. The lowest BCUT2D eigenvalue weighted by Crippen LogP contribution is -2.16. The second-order valence-corrected chi connectivity index (χ2v) is 5.04. The lowest BCUT2D eigenvalue weighted by atomic mass is 10.1. The Labute approximate surface area is 142 Å². The van der Waals surface area contributed by atoms with Crippen LogP contribution in [-0.4, -0.2) is 16.2 Å². The topological polar surface area (TPSA) is 93.9 Å². The van der Waals surface area contributed by atoms with Gasteiger partial charge in [-0.2, -0.15) is 10.4 Å². The number of nitriles is 1. The molecule has 0 spiro atoms. The molecular weight excluding hydrogens is 321 g/mol. The Morgan fingerprint density at radius 2 is 2.00 bits per heavy atom. The largest absolute Gasteiger partial charge is 0.290 e. The molecule has 0 saturated carbocycles. The van der Waals surface area contributed by atoms with E-state index < -0.39 is 5.56 Å². The zero-order valence-electron chi connectivity index (χ0n) is 12.9. The number of rotatable bonds is 4. The number of hydrazone groups is 1. The van der Waals surface area contributed by atoms with Gasteiger partial charge in [-0.05, 0) is 17.7 Å². The van der Waals surface area contributed by atoms with Crippen molar-refractivity contribution in [2.75, 3.05) is 5.43 Å². The molecule has 1 heterocycles. The molecule has 7 heteroatoms. The number of aromatic amines is 1. The van der Waals surface area contributed by atoms with Gasteiger partial charge in [-0.25, -0.2) is 14.8 Å². The highest BCUT2D eigenvalue weighted by atomic mass is 19.1. The predicted molar refractivity (Wildman–Crippen MR) is 92.6 cm³/mol. The van der Waals surface area contributed by atoms with Gasteiger partial charge in [0.15, 0.2) is 0 Å². The summed E-state index contributed by atoms with van der Waals surface area (Å²) in [6.45, 7) is 0. The summed E-state index contributed by atoms with van der Waals surface area (Å²) in [4.78, 5) is 18.8. The summed E-state index contributed by atoms with van der Waals surface area (Å²) in [5.41, 5.74) is 3.39. The van der Waals surface area contributed by atoms with Crippen LogP contribution in [0.2, 0.25) is 0 Å². The highest BCUT2D eigenvalue weighted by Crippen LogP contribution is 2.19. The number of nitrogens with zero attached hydrogens (tertiary/aromatic N) is 3. The van der Waals surface area contributed by atoms with Crippen molar-refractivity contribution in [1.82, 2.24) is 9.97 Å². The van der Waals surface area contributed by atoms with E-state index in [1.807, 2.05) is 12.1 Å². The van der Waals surface area contributed by atoms with Gasteiger partial charge in [-0.3, -0.25) is 9.78 Å². The number of anilines is 1. The summed E-state index contributed by atoms with van der Waals surface area (Å²) in [6, 6.07) is 16.7. The van der Waals surface area contributed by atoms with E-state index in [2.05, 4.69) is 20.5 Å². The maximum atomic E-state index is 13.1. The van der Waals surface area contributed by atoms with Gasteiger partial charge in [-0.1, -0.05) is 42.5 Å². The molecule has 6 nitrogen and oxygen atoms in total. The zero-order valence-corrected chi connectivity index (χ0v) is 12.9. The number of nitrogens with one attached hydrogen (secondary N) is 2. The third kappa shape index (κ3) is 3.76. The van der Waals surface area contributed by atoms with Crippen LogP contribution in [0.4, 0.5) is 10.3 Å². The van der Waals surface area contributed by atoms with Gasteiger partial charge in [0.25, 0.3) is 5.56 Å². The van der Waals surface area contributed by atoms with Crippen molar-refractivity contribution in [3.05, 3.63) is 81.9 Å². The van der Waals surface area contributed by atoms with Crippen LogP contribution in [0.1, 0.15) is 11.1 Å². The number of hydrogen-bond donors (Lipinski definition) is 2. The van der Waals surface area contributed by atoms with Crippen molar-refractivity contribution < 1.29 is 4.39 Å². The standard InChI is InChI=1S/C18H12FN5O/c19-14-8-4-5-12(9-14)11-21-24-18-22-16(13-6-2-1-3-7-13)15(10-20)17(25)23-18/h1-9,11H,(H2,22,23,24,25). The predicted octanol–water partition coefficient (Wildman–Crippen LogP) is 2.89. The number of H-pyrrole nitrogens is 1. The lowest BCUT2D eigenvalue weighted by Gasteiger charge is -2.05. The maximum Gasteiger partial charge on any atom is 0.270 e. The molecule has 122 valence electrons. The normalized spacial score (nSPS) is 10.6. The average Bonchev–Trinajstić information content (AvgIpc) is 2.62. The monoisotopic (exact) mass is 333 g/mol. The molecule has 0 aliphatic rings. The van der Waals surface area contributed by atoms with E-state index in [1.54, 1.807) is 36.4 Å². The van der Waals surface area contributed by atoms with Crippen LogP contribution in [0.15, 0.2) is 64.5 Å². The van der Waals surface area contributed by atoms with Gasteiger partial charge in [-0.15, -0.1) is 0 Å². The van der Waals surface area contributed by atoms with Gasteiger partial charge >= 0.3 is 0 Å². The molecule has 0 unspecified atom stereocenters. The fraction of sp³-hybridized carbons (Fsp3) is 0. The summed E-state index contributed by atoms with van der Waals surface area (Å²) in [5.74, 6) is -0.296. The highest BCUT2D eigenvalue weighted by Gasteiger charge is 2.12. The van der Waals surface area contributed by atoms with E-state index in [9.17, 15) is 14.4 Å². The second kappa shape index (κ2) is 7.19. The Morgan fingerprint density at radius 3 is 2.72 bits per heavy atom. The average molecular weight is 333 g/mol. The zero-order chi connectivity index (χ0) is 17.6. The van der Waals surface area contributed by atoms with Crippen LogP contribution < -0.4 is 11.0 Å². The molecule has 0 fully saturated rings. The first-order valence-electron chi connectivity index (χ1n) is 7.32. The van der Waals surface area contributed by atoms with E-state index in [0.29, 0.717) is 11.1 Å². The molecular formula is C18H12FN5O. The Hall–Kier alpha value is -3.79. The van der Waals surface area contributed by atoms with Crippen LogP contribution in [0.25, 0.3) is 11.3 Å². The number of benzene rings is 2. The van der Waals surface area contributed by atoms with Crippen molar-refractivity contribution in [1.29, 1.82) is 5.26 Å². The van der Waals surface area contributed by atoms with E-state index in [0.717, 1.165) is 0 Å². The molecule has 0 amide bonds. The smallest absolute Gasteiger partial charge is 0.270 e. The summed E-state index contributed by atoms with van der Waals surface area (Å²) in [6.07, 6.45) is 1.39. The summed E-state index contributed by atoms with van der Waals surface area (Å²) in [7, 11) is 0. The van der Waals surface area contributed by atoms with E-state index in [1.165, 1.54) is 18.3 Å². The number of aromatic nitrogens is 2. The van der Waals surface area contributed by atoms with Crippen molar-refractivity contribution in [3.63, 3.8) is 0 Å². The van der Waals surface area contributed by atoms with E-state index >= 15 is 0 Å². The van der Waals surface area contributed by atoms with Crippen molar-refractivity contribution in [2.45, 2.75) is 0 Å². The van der Waals surface area contributed by atoms with E-state index in [-0.39, 0.29) is 23.0 Å². The van der Waals surface area contributed by atoms with Crippen molar-refractivity contribution >= 4 is 12.2 Å². The fourth-order valence-corrected chi connectivity index (χ4v) is 2.19. The number of hydrogen-bond acceptors (Lipinski definition) is 5. The Kier molecular flexibility index (Phi) is 4.62. The summed E-state index contributed by atoms with van der Waals surface area (Å²) >= 11 is 0. The summed E-state index contributed by atoms with van der Waals surface area (Å²) in [5, 5.41) is 13.1. The molecule has 0 aliphatic heterocycles. The minimum absolute atomic E-state index is 0.0779. The van der Waals surface area contributed by atoms with Gasteiger partial charge in [0.2, 0.25) is 5.95 Å². The summed E-state index contributed by atoms with van der Waals surface area (Å²) < 4.78 is 13.1. The third-order valence-corrected chi connectivity index (χ3v) is 3.31. The molecule has 2 aromatic carbocycles. The SMILES string of the molecule is N#Cc1c(-c2ccccc2)nc(NN=Cc2cccc(F)c2)[nH]c1=O. The maximum absolute atomic E-state index is 13.1. The van der Waals surface area contributed by atoms with Crippen molar-refractivity contribution in [2.24, 2.45) is 5.10 Å². The van der Waals surface area contributed by atoms with Crippen LogP contribution in [0.3, 0.4) is 0 Å². The lowest BCUT2D eigenvalue weighted by molar-refractivity contribution is 0.627. The molecule has 0 aliphatic carbocycles. The molecule has 0 radical (unpaired) electrons. The first-order chi connectivity index (χ1) is 12.2. The molecule has 0 bridgehead atoms. The quantitative estimate of drug-likeness (QED) is 0.567. The minimum Gasteiger partial charge on any atom is -0.290 e. The van der Waals surface area contributed by atoms with Crippen LogP contribution >= 0.6 is 0 Å². The fourth-order valence-electron chi connectivity index (χ4n) is 2.19. The van der Waals surface area contributed by atoms with Gasteiger partial charge in [0.1, 0.15) is 17.4 Å². The van der Waals surface area contributed by atoms with Gasteiger partial charge in [0, 0.05) is 5.56 Å². The van der Waals surface area contributed by atoms with Crippen LogP contribution in [-0.2, 0) is 0 Å². The molecule has 3 rings (SSSR count). The number of halogens is 1. The third-order valence-electron chi connectivity index (χ3n) is 3.31. The molecule has 3 aromatic rings. The highest BCUT2D eigenvalue weighted by molar-refractivity contribution is 5.80. The van der Waals surface area contributed by atoms with Crippen molar-refractivity contribution in [3.8, 4) is 17.3 Å². The Balaban J connectivity index is 1.92. The molecule has 0 saturated heterocycles. The second-order valence-electron chi connectivity index (χ2n) is 5.04. The first kappa shape index (κ1) is 16.1. The molecule has 0 atom stereocenters. The Morgan fingerprint density at radius 1 is 1.20 bits per heavy atom. The van der Waals surface area contributed by atoms with Crippen LogP contribution in [0.5, 0.6) is 0 Å². The van der Waals surface area contributed by atoms with Crippen LogP contribution in [0, 0.1) is 17.1 Å². The first-order valence-corrected chi connectivity index (χ1v) is 7.32. The molecule has 1 aromatic heterocycles. The van der Waals surface area contributed by atoms with E-state index in [4.69, 9.17) is 0 Å². The molecule has 2 N–H and O–H groups in total.